The van der Waals surface area contributed by atoms with Gasteiger partial charge in [-0.3, -0.25) is 0 Å². The van der Waals surface area contributed by atoms with Gasteiger partial charge in [0.15, 0.2) is 23.0 Å². The van der Waals surface area contributed by atoms with E-state index < -0.39 is 11.9 Å². The smallest absolute Gasteiger partial charge is 0.338 e. The van der Waals surface area contributed by atoms with E-state index in [1.54, 1.807) is 64.5 Å². The van der Waals surface area contributed by atoms with Gasteiger partial charge in [-0.1, -0.05) is 18.2 Å². The minimum atomic E-state index is -0.648. The van der Waals surface area contributed by atoms with Gasteiger partial charge < -0.3 is 24.1 Å². The highest BCUT2D eigenvalue weighted by Crippen LogP contribution is 2.46. The first-order valence-electron chi connectivity index (χ1n) is 11.3. The van der Waals surface area contributed by atoms with Gasteiger partial charge in [0.1, 0.15) is 17.8 Å². The zero-order valence-electron chi connectivity index (χ0n) is 20.2. The van der Waals surface area contributed by atoms with Gasteiger partial charge in [-0.05, 0) is 43.7 Å². The second-order valence-electron chi connectivity index (χ2n) is 8.02. The molecule has 0 amide bonds. The van der Waals surface area contributed by atoms with Gasteiger partial charge >= 0.3 is 5.97 Å². The Morgan fingerprint density at radius 1 is 1.14 bits per heavy atom. The largest absolute Gasteiger partial charge is 0.507 e. The molecule has 0 fully saturated rings. The maximum absolute atomic E-state index is 13.2. The molecule has 3 heterocycles. The molecule has 184 valence electrons. The van der Waals surface area contributed by atoms with Crippen LogP contribution < -0.4 is 14.2 Å². The molecule has 5 rings (SSSR count). The van der Waals surface area contributed by atoms with E-state index in [1.165, 1.54) is 10.8 Å². The maximum Gasteiger partial charge on any atom is 0.338 e. The Kier molecular flexibility index (Phi) is 5.93. The molecule has 0 aliphatic carbocycles. The lowest BCUT2D eigenvalue weighted by molar-refractivity contribution is -0.139. The van der Waals surface area contributed by atoms with E-state index in [4.69, 9.17) is 23.9 Å². The van der Waals surface area contributed by atoms with E-state index in [9.17, 15) is 9.90 Å². The number of fused-ring (bicyclic) bond motifs is 3. The summed E-state index contributed by atoms with van der Waals surface area (Å²) < 4.78 is 23.8. The van der Waals surface area contributed by atoms with E-state index in [-0.39, 0.29) is 12.4 Å². The van der Waals surface area contributed by atoms with Crippen molar-refractivity contribution in [3.63, 3.8) is 0 Å². The number of phenolic OH excluding ortho intramolecular Hbond substituents is 1. The Morgan fingerprint density at radius 3 is 2.64 bits per heavy atom. The van der Waals surface area contributed by atoms with Gasteiger partial charge in [0, 0.05) is 0 Å². The minimum Gasteiger partial charge on any atom is -0.507 e. The van der Waals surface area contributed by atoms with Crippen LogP contribution in [0, 0.1) is 0 Å². The van der Waals surface area contributed by atoms with Gasteiger partial charge in [0.2, 0.25) is 5.88 Å². The van der Waals surface area contributed by atoms with Crippen LogP contribution >= 0.6 is 0 Å². The summed E-state index contributed by atoms with van der Waals surface area (Å²) in [6.45, 7) is 3.64. The number of esters is 1. The molecule has 0 bridgehead atoms. The number of hydrogen-bond acceptors (Lipinski definition) is 9. The van der Waals surface area contributed by atoms with Crippen molar-refractivity contribution in [3.8, 4) is 34.5 Å². The fourth-order valence-corrected chi connectivity index (χ4v) is 4.35. The summed E-state index contributed by atoms with van der Waals surface area (Å²) >= 11 is 0. The molecular weight excluding hydrogens is 464 g/mol. The minimum absolute atomic E-state index is 0.0471. The van der Waals surface area contributed by atoms with Crippen LogP contribution in [-0.4, -0.2) is 51.5 Å². The van der Waals surface area contributed by atoms with Crippen molar-refractivity contribution < 1.29 is 28.8 Å². The molecule has 1 atom stereocenters. The highest BCUT2D eigenvalue weighted by Gasteiger charge is 2.38. The fourth-order valence-electron chi connectivity index (χ4n) is 4.35. The summed E-state index contributed by atoms with van der Waals surface area (Å²) in [5, 5.41) is 14.9. The number of allylic oxidation sites excluding steroid dienone is 1. The molecule has 0 radical (unpaired) electrons. The number of nitrogens with zero attached hydrogens (tertiary/aromatic N) is 4. The van der Waals surface area contributed by atoms with Crippen LogP contribution in [0.2, 0.25) is 0 Å². The van der Waals surface area contributed by atoms with E-state index in [2.05, 4.69) is 10.1 Å². The van der Waals surface area contributed by atoms with Gasteiger partial charge in [0.25, 0.3) is 0 Å². The van der Waals surface area contributed by atoms with Crippen molar-refractivity contribution >= 4 is 11.6 Å². The number of aromatic hydroxyl groups is 1. The summed E-state index contributed by atoms with van der Waals surface area (Å²) in [6.07, 6.45) is 1.49. The number of carbonyl (C=O) groups excluding carboxylic acids is 1. The zero-order valence-corrected chi connectivity index (χ0v) is 20.2. The van der Waals surface area contributed by atoms with Crippen molar-refractivity contribution in [2.75, 3.05) is 20.8 Å². The van der Waals surface area contributed by atoms with Crippen LogP contribution in [0.25, 0.3) is 17.0 Å². The lowest BCUT2D eigenvalue weighted by atomic mass is 9.83. The summed E-state index contributed by atoms with van der Waals surface area (Å²) in [5.74, 6) is 0.909. The second-order valence-corrected chi connectivity index (χ2v) is 8.02. The van der Waals surface area contributed by atoms with Crippen molar-refractivity contribution in [2.24, 2.45) is 0 Å². The first-order chi connectivity index (χ1) is 17.5. The summed E-state index contributed by atoms with van der Waals surface area (Å²) in [4.78, 5) is 22.3. The number of aromatic nitrogens is 4. The average molecular weight is 489 g/mol. The van der Waals surface area contributed by atoms with Gasteiger partial charge in [-0.25, -0.2) is 19.3 Å². The number of benzene rings is 2. The first-order valence-corrected chi connectivity index (χ1v) is 11.3. The monoisotopic (exact) mass is 488 g/mol. The molecule has 2 aromatic carbocycles. The molecule has 4 aromatic rings. The highest BCUT2D eigenvalue weighted by atomic mass is 16.5. The van der Waals surface area contributed by atoms with E-state index >= 15 is 0 Å². The van der Waals surface area contributed by atoms with E-state index in [1.807, 2.05) is 6.07 Å². The van der Waals surface area contributed by atoms with Crippen LogP contribution in [0.1, 0.15) is 30.9 Å². The molecule has 0 saturated heterocycles. The Labute approximate surface area is 206 Å². The maximum atomic E-state index is 13.2. The predicted molar refractivity (Wildman–Crippen MR) is 129 cm³/mol. The molecule has 10 nitrogen and oxygen atoms in total. The molecule has 1 N–H and O–H groups in total. The lowest BCUT2D eigenvalue weighted by Crippen LogP contribution is -2.24. The van der Waals surface area contributed by atoms with Crippen LogP contribution in [0.5, 0.6) is 23.1 Å². The first kappa shape index (κ1) is 23.2. The van der Waals surface area contributed by atoms with Gasteiger partial charge in [0.05, 0.1) is 43.4 Å². The Hall–Kier alpha value is -4.60. The summed E-state index contributed by atoms with van der Waals surface area (Å²) in [6, 6.07) is 12.2. The van der Waals surface area contributed by atoms with Crippen LogP contribution in [0.4, 0.5) is 0 Å². The molecule has 2 aromatic heterocycles. The van der Waals surface area contributed by atoms with Crippen LogP contribution in [0.15, 0.2) is 60.1 Å². The number of para-hydroxylation sites is 1. The highest BCUT2D eigenvalue weighted by molar-refractivity contribution is 5.93. The molecule has 0 saturated carbocycles. The molecule has 0 spiro atoms. The Morgan fingerprint density at radius 2 is 1.92 bits per heavy atom. The van der Waals surface area contributed by atoms with Crippen molar-refractivity contribution in [3.05, 3.63) is 71.3 Å². The SMILES string of the molecule is CCOC(=O)C1=C(C)Oc2ncn3nc(-c4ccccc4O)nc3c2C1c1ccc(OC)c(OC)c1. The zero-order chi connectivity index (χ0) is 25.4. The third-order valence-electron chi connectivity index (χ3n) is 5.97. The summed E-state index contributed by atoms with van der Waals surface area (Å²) in [7, 11) is 3.10. The molecule has 1 aliphatic rings. The lowest BCUT2D eigenvalue weighted by Gasteiger charge is -2.28. The van der Waals surface area contributed by atoms with E-state index in [0.29, 0.717) is 51.3 Å². The topological polar surface area (TPSA) is 117 Å². The fraction of sp³-hybridized carbons (Fsp3) is 0.231. The third kappa shape index (κ3) is 3.76. The number of carbonyl (C=O) groups is 1. The standard InChI is InChI=1S/C26H24N4O6/c1-5-35-26(32)20-14(2)36-25-22(21(20)15-10-11-18(33-3)19(12-15)34-4)24-28-23(29-30(24)13-27-25)16-8-6-7-9-17(16)31/h6-13,21,31H,5H2,1-4H3. The van der Waals surface area contributed by atoms with Crippen LogP contribution in [0.3, 0.4) is 0 Å². The Balaban J connectivity index is 1.77. The number of phenols is 1. The average Bonchev–Trinajstić information content (AvgIpc) is 3.32. The molecule has 10 heteroatoms. The summed E-state index contributed by atoms with van der Waals surface area (Å²) in [5.41, 5.74) is 2.46. The number of hydrogen-bond donors (Lipinski definition) is 1. The normalized spacial score (nSPS) is 14.8. The van der Waals surface area contributed by atoms with Crippen molar-refractivity contribution in [2.45, 2.75) is 19.8 Å². The molecule has 36 heavy (non-hydrogen) atoms. The Bertz CT molecular complexity index is 1510. The predicted octanol–water partition coefficient (Wildman–Crippen LogP) is 3.88. The quantitative estimate of drug-likeness (QED) is 0.404. The van der Waals surface area contributed by atoms with Crippen molar-refractivity contribution in [1.82, 2.24) is 19.6 Å². The molecule has 1 unspecified atom stereocenters. The molecular formula is C26H24N4O6. The van der Waals surface area contributed by atoms with Crippen molar-refractivity contribution in [1.29, 1.82) is 0 Å². The van der Waals surface area contributed by atoms with Gasteiger partial charge in [-0.15, -0.1) is 5.10 Å². The number of methoxy groups -OCH3 is 2. The number of rotatable bonds is 6. The van der Waals surface area contributed by atoms with Crippen LogP contribution in [-0.2, 0) is 9.53 Å². The van der Waals surface area contributed by atoms with Gasteiger partial charge in [-0.2, -0.15) is 0 Å². The molecule has 1 aliphatic heterocycles. The number of ether oxygens (including phenoxy) is 4. The van der Waals surface area contributed by atoms with E-state index in [0.717, 1.165) is 5.56 Å². The third-order valence-corrected chi connectivity index (χ3v) is 5.97. The second kappa shape index (κ2) is 9.21.